The summed E-state index contributed by atoms with van der Waals surface area (Å²) in [5.41, 5.74) is 1.08. The Morgan fingerprint density at radius 2 is 1.94 bits per heavy atom. The Morgan fingerprint density at radius 1 is 1.28 bits per heavy atom. The van der Waals surface area contributed by atoms with Gasteiger partial charge in [-0.2, -0.15) is 0 Å². The first kappa shape index (κ1) is 15.4. The highest BCUT2D eigenvalue weighted by Crippen LogP contribution is 2.28. The molecular weight excluding hydrogens is 292 g/mol. The van der Waals surface area contributed by atoms with Crippen LogP contribution in [0.4, 0.5) is 5.82 Å². The van der Waals surface area contributed by atoms with Crippen LogP contribution in [-0.4, -0.2) is 42.1 Å². The minimum atomic E-state index is 0.387. The zero-order valence-corrected chi connectivity index (χ0v) is 13.5. The second kappa shape index (κ2) is 7.04. The second-order valence-electron chi connectivity index (χ2n) is 4.93. The maximum atomic E-state index is 4.66. The van der Waals surface area contributed by atoms with E-state index in [1.165, 1.54) is 0 Å². The van der Waals surface area contributed by atoms with Crippen molar-refractivity contribution in [2.75, 3.05) is 32.5 Å². The van der Waals surface area contributed by atoms with Gasteiger partial charge in [-0.15, -0.1) is 0 Å². The van der Waals surface area contributed by atoms with Crippen molar-refractivity contribution in [3.05, 3.63) is 16.0 Å². The number of aromatic nitrogens is 2. The molecule has 1 heterocycles. The fourth-order valence-electron chi connectivity index (χ4n) is 1.62. The highest BCUT2D eigenvalue weighted by atomic mass is 79.9. The fraction of sp³-hybridized carbons (Fsp3) is 0.692. The molecule has 4 nitrogen and oxygen atoms in total. The molecule has 0 saturated carbocycles. The van der Waals surface area contributed by atoms with Crippen molar-refractivity contribution in [1.82, 2.24) is 14.9 Å². The summed E-state index contributed by atoms with van der Waals surface area (Å²) < 4.78 is 0.993. The molecule has 0 aliphatic rings. The zero-order valence-electron chi connectivity index (χ0n) is 11.9. The molecule has 1 aromatic heterocycles. The van der Waals surface area contributed by atoms with Gasteiger partial charge in [0.05, 0.1) is 10.2 Å². The molecule has 0 aliphatic heterocycles. The summed E-state index contributed by atoms with van der Waals surface area (Å²) in [4.78, 5) is 11.4. The lowest BCUT2D eigenvalue weighted by molar-refractivity contribution is 0.409. The van der Waals surface area contributed by atoms with E-state index >= 15 is 0 Å². The normalized spacial score (nSPS) is 11.3. The average Bonchev–Trinajstić information content (AvgIpc) is 2.29. The van der Waals surface area contributed by atoms with Gasteiger partial charge in [0.15, 0.2) is 0 Å². The lowest BCUT2D eigenvalue weighted by atomic mass is 10.1. The van der Waals surface area contributed by atoms with Crippen LogP contribution < -0.4 is 5.32 Å². The van der Waals surface area contributed by atoms with Gasteiger partial charge in [-0.25, -0.2) is 9.97 Å². The topological polar surface area (TPSA) is 41.1 Å². The number of nitrogens with zero attached hydrogens (tertiary/aromatic N) is 3. The van der Waals surface area contributed by atoms with Crippen LogP contribution in [0.1, 0.15) is 38.2 Å². The Hall–Kier alpha value is -0.680. The predicted molar refractivity (Wildman–Crippen MR) is 80.2 cm³/mol. The fourth-order valence-corrected chi connectivity index (χ4v) is 2.39. The van der Waals surface area contributed by atoms with Gasteiger partial charge in [-0.05, 0) is 42.9 Å². The minimum Gasteiger partial charge on any atom is -0.369 e. The van der Waals surface area contributed by atoms with Crippen LogP contribution in [0.5, 0.6) is 0 Å². The largest absolute Gasteiger partial charge is 0.369 e. The number of rotatable bonds is 6. The lowest BCUT2D eigenvalue weighted by Gasteiger charge is -2.15. The molecule has 0 saturated heterocycles. The summed E-state index contributed by atoms with van der Waals surface area (Å²) in [7, 11) is 4.13. The van der Waals surface area contributed by atoms with Crippen LogP contribution in [0.2, 0.25) is 0 Å². The number of hydrogen-bond acceptors (Lipinski definition) is 4. The Labute approximate surface area is 118 Å². The summed E-state index contributed by atoms with van der Waals surface area (Å²) in [5.74, 6) is 2.20. The second-order valence-corrected chi connectivity index (χ2v) is 5.72. The van der Waals surface area contributed by atoms with E-state index in [4.69, 9.17) is 0 Å². The Bertz CT molecular complexity index is 391. The number of nitrogens with one attached hydrogen (secondary N) is 1. The molecule has 0 aliphatic carbocycles. The van der Waals surface area contributed by atoms with Gasteiger partial charge >= 0.3 is 0 Å². The smallest absolute Gasteiger partial charge is 0.144 e. The molecule has 5 heteroatoms. The van der Waals surface area contributed by atoms with Gasteiger partial charge in [-0.1, -0.05) is 13.8 Å². The third-order valence-corrected chi connectivity index (χ3v) is 3.38. The van der Waals surface area contributed by atoms with Crippen LogP contribution in [0.3, 0.4) is 0 Å². The van der Waals surface area contributed by atoms with E-state index in [0.29, 0.717) is 5.92 Å². The number of hydrogen-bond donors (Lipinski definition) is 1. The monoisotopic (exact) mass is 314 g/mol. The summed E-state index contributed by atoms with van der Waals surface area (Å²) in [6.07, 6.45) is 0.873. The van der Waals surface area contributed by atoms with E-state index < -0.39 is 0 Å². The van der Waals surface area contributed by atoms with Crippen molar-refractivity contribution in [1.29, 1.82) is 0 Å². The van der Waals surface area contributed by atoms with Crippen LogP contribution in [-0.2, 0) is 6.42 Å². The van der Waals surface area contributed by atoms with E-state index in [-0.39, 0.29) is 0 Å². The molecule has 0 bridgehead atoms. The van der Waals surface area contributed by atoms with Crippen molar-refractivity contribution >= 4 is 21.7 Å². The molecule has 1 N–H and O–H groups in total. The maximum absolute atomic E-state index is 4.66. The van der Waals surface area contributed by atoms with E-state index in [1.54, 1.807) is 0 Å². The van der Waals surface area contributed by atoms with Crippen molar-refractivity contribution in [3.63, 3.8) is 0 Å². The average molecular weight is 315 g/mol. The first-order valence-electron chi connectivity index (χ1n) is 6.40. The predicted octanol–water partition coefficient (Wildman–Crippen LogP) is 2.90. The SMILES string of the molecule is CCNc1nc(CCN(C)C)nc(C(C)C)c1Br. The Balaban J connectivity index is 3.04. The van der Waals surface area contributed by atoms with Crippen molar-refractivity contribution in [3.8, 4) is 0 Å². The summed E-state index contributed by atoms with van der Waals surface area (Å²) in [5, 5.41) is 3.29. The molecule has 0 spiro atoms. The number of likely N-dealkylation sites (N-methyl/N-ethyl adjacent to an activating group) is 1. The molecule has 1 aromatic rings. The van der Waals surface area contributed by atoms with Gasteiger partial charge in [0.1, 0.15) is 11.6 Å². The van der Waals surface area contributed by atoms with Crippen molar-refractivity contribution in [2.45, 2.75) is 33.1 Å². The third-order valence-electron chi connectivity index (χ3n) is 2.60. The molecule has 0 amide bonds. The minimum absolute atomic E-state index is 0.387. The highest BCUT2D eigenvalue weighted by molar-refractivity contribution is 9.10. The molecular formula is C13H23BrN4. The maximum Gasteiger partial charge on any atom is 0.144 e. The van der Waals surface area contributed by atoms with Crippen LogP contribution in [0, 0.1) is 0 Å². The van der Waals surface area contributed by atoms with Crippen LogP contribution in [0.25, 0.3) is 0 Å². The molecule has 1 rings (SSSR count). The van der Waals surface area contributed by atoms with E-state index in [0.717, 1.165) is 41.3 Å². The third kappa shape index (κ3) is 4.21. The van der Waals surface area contributed by atoms with Gasteiger partial charge in [0, 0.05) is 19.5 Å². The van der Waals surface area contributed by atoms with Gasteiger partial charge in [-0.3, -0.25) is 0 Å². The van der Waals surface area contributed by atoms with Gasteiger partial charge in [0.2, 0.25) is 0 Å². The Kier molecular flexibility index (Phi) is 6.02. The number of halogens is 1. The first-order chi connectivity index (χ1) is 8.45. The van der Waals surface area contributed by atoms with E-state index in [9.17, 15) is 0 Å². The standard InChI is InChI=1S/C13H23BrN4/c1-6-15-13-11(14)12(9(2)3)16-10(17-13)7-8-18(4)5/h9H,6-8H2,1-5H3,(H,15,16,17). The zero-order chi connectivity index (χ0) is 13.7. The molecule has 0 radical (unpaired) electrons. The highest BCUT2D eigenvalue weighted by Gasteiger charge is 2.14. The van der Waals surface area contributed by atoms with Crippen molar-refractivity contribution < 1.29 is 0 Å². The molecule has 18 heavy (non-hydrogen) atoms. The van der Waals surface area contributed by atoms with Crippen LogP contribution >= 0.6 is 15.9 Å². The quantitative estimate of drug-likeness (QED) is 0.876. The van der Waals surface area contributed by atoms with E-state index in [1.807, 2.05) is 0 Å². The summed E-state index contributed by atoms with van der Waals surface area (Å²) >= 11 is 3.60. The first-order valence-corrected chi connectivity index (χ1v) is 7.19. The van der Waals surface area contributed by atoms with Gasteiger partial charge < -0.3 is 10.2 Å². The van der Waals surface area contributed by atoms with E-state index in [2.05, 4.69) is 71.0 Å². The molecule has 0 atom stereocenters. The molecule has 0 unspecified atom stereocenters. The molecule has 102 valence electrons. The molecule has 0 aromatic carbocycles. The van der Waals surface area contributed by atoms with Crippen LogP contribution in [0.15, 0.2) is 4.47 Å². The summed E-state index contributed by atoms with van der Waals surface area (Å²) in [6, 6.07) is 0. The summed E-state index contributed by atoms with van der Waals surface area (Å²) in [6.45, 7) is 8.20. The lowest BCUT2D eigenvalue weighted by Crippen LogP contribution is -2.17. The number of anilines is 1. The molecule has 0 fully saturated rings. The van der Waals surface area contributed by atoms with Crippen molar-refractivity contribution in [2.24, 2.45) is 0 Å². The Morgan fingerprint density at radius 3 is 2.44 bits per heavy atom. The van der Waals surface area contributed by atoms with Gasteiger partial charge in [0.25, 0.3) is 0 Å².